The molecule has 0 saturated carbocycles. The summed E-state index contributed by atoms with van der Waals surface area (Å²) in [6, 6.07) is 6.12. The molecule has 3 amide bonds. The number of aliphatic carboxylic acids is 1. The van der Waals surface area contributed by atoms with Gasteiger partial charge in [0.1, 0.15) is 5.60 Å². The molecular weight excluding hydrogens is 618 g/mol. The van der Waals surface area contributed by atoms with E-state index in [0.717, 1.165) is 54.5 Å². The van der Waals surface area contributed by atoms with Gasteiger partial charge in [-0.2, -0.15) is 0 Å². The van der Waals surface area contributed by atoms with Crippen molar-refractivity contribution in [1.82, 2.24) is 5.32 Å². The molecule has 0 heterocycles. The number of fused-ring (bicyclic) bond motifs is 3. The first kappa shape index (κ1) is 40.8. The van der Waals surface area contributed by atoms with E-state index >= 15 is 0 Å². The number of rotatable bonds is 12. The van der Waals surface area contributed by atoms with Crippen molar-refractivity contribution in [1.29, 1.82) is 0 Å². The smallest absolute Gasteiger partial charge is 0.407 e. The second kappa shape index (κ2) is 19.6. The molecule has 9 nitrogen and oxygen atoms in total. The number of hydrogen-bond acceptors (Lipinski definition) is 5. The quantitative estimate of drug-likeness (QED) is 0.164. The molecule has 1 aromatic carbocycles. The largest absolute Gasteiger partial charge is 0.481 e. The Labute approximate surface area is 292 Å². The summed E-state index contributed by atoms with van der Waals surface area (Å²) >= 11 is 0. The molecule has 2 bridgehead atoms. The molecule has 3 aliphatic carbocycles. The third-order valence-electron chi connectivity index (χ3n) is 8.55. The van der Waals surface area contributed by atoms with Crippen LogP contribution in [0.4, 0.5) is 10.5 Å². The second-order valence-electron chi connectivity index (χ2n) is 13.5. The number of allylic oxidation sites excluding steroid dienone is 9. The van der Waals surface area contributed by atoms with Gasteiger partial charge in [-0.15, -0.1) is 0 Å². The monoisotopic (exact) mass is 675 g/mol. The lowest BCUT2D eigenvalue weighted by Gasteiger charge is -2.50. The van der Waals surface area contributed by atoms with E-state index < -0.39 is 23.1 Å². The minimum Gasteiger partial charge on any atom is -0.481 e. The number of anilines is 1. The second-order valence-corrected chi connectivity index (χ2v) is 13.5. The Morgan fingerprint density at radius 3 is 2.29 bits per heavy atom. The van der Waals surface area contributed by atoms with Gasteiger partial charge in [0.15, 0.2) is 0 Å². The molecule has 0 fully saturated rings. The number of ether oxygens (including phenoxy) is 1. The number of unbranched alkanes of at least 4 members (excludes halogenated alkanes) is 4. The summed E-state index contributed by atoms with van der Waals surface area (Å²) < 4.78 is 5.24. The minimum absolute atomic E-state index is 0.0284. The molecule has 0 aliphatic heterocycles. The average molecular weight is 676 g/mol. The maximum atomic E-state index is 12.9. The van der Waals surface area contributed by atoms with Crippen LogP contribution in [0, 0.1) is 11.8 Å². The molecule has 4 rings (SSSR count). The predicted octanol–water partition coefficient (Wildman–Crippen LogP) is 8.25. The van der Waals surface area contributed by atoms with Crippen molar-refractivity contribution in [3.05, 3.63) is 90.1 Å². The van der Waals surface area contributed by atoms with Crippen LogP contribution >= 0.6 is 0 Å². The van der Waals surface area contributed by atoms with E-state index in [9.17, 15) is 24.3 Å². The van der Waals surface area contributed by atoms with E-state index in [1.54, 1.807) is 0 Å². The number of carbonyl (C=O) groups excluding carboxylic acids is 3. The molecule has 0 saturated heterocycles. The van der Waals surface area contributed by atoms with Crippen molar-refractivity contribution in [3.8, 4) is 0 Å². The van der Waals surface area contributed by atoms with Crippen molar-refractivity contribution < 1.29 is 29.0 Å². The van der Waals surface area contributed by atoms with E-state index in [1.807, 2.05) is 52.8 Å². The van der Waals surface area contributed by atoms with Gasteiger partial charge in [-0.3, -0.25) is 14.4 Å². The minimum atomic E-state index is -0.818. The Bertz CT molecular complexity index is 1430. The fourth-order valence-electron chi connectivity index (χ4n) is 6.68. The normalized spacial score (nSPS) is 22.6. The first-order valence-electron chi connectivity index (χ1n) is 17.5. The molecule has 3 aliphatic rings. The molecule has 0 aromatic heterocycles. The van der Waals surface area contributed by atoms with Crippen molar-refractivity contribution >= 4 is 29.6 Å². The van der Waals surface area contributed by atoms with Crippen LogP contribution in [0.25, 0.3) is 0 Å². The first-order chi connectivity index (χ1) is 23.2. The number of carbonyl (C=O) groups is 4. The summed E-state index contributed by atoms with van der Waals surface area (Å²) in [7, 11) is 0. The van der Waals surface area contributed by atoms with Crippen molar-refractivity contribution in [2.75, 3.05) is 11.9 Å². The Morgan fingerprint density at radius 2 is 1.61 bits per heavy atom. The SMILES string of the molecule is C=C1/C=C\C=C/C2(CCC(=O)O)c3cc(NC(=O)CCCCCCCNC(=O)OC(C)(C)C)ccc3C1C1C=CC=CC12.CC.CC(N)=O. The molecule has 268 valence electrons. The van der Waals surface area contributed by atoms with Crippen LogP contribution in [-0.2, 0) is 24.5 Å². The van der Waals surface area contributed by atoms with E-state index in [4.69, 9.17) is 4.74 Å². The maximum absolute atomic E-state index is 12.9. The zero-order valence-electron chi connectivity index (χ0n) is 30.2. The number of benzene rings is 1. The van der Waals surface area contributed by atoms with E-state index in [1.165, 1.54) is 6.92 Å². The summed E-state index contributed by atoms with van der Waals surface area (Å²) in [6.45, 7) is 15.8. The molecule has 0 spiro atoms. The van der Waals surface area contributed by atoms with E-state index in [0.29, 0.717) is 19.4 Å². The molecule has 4 unspecified atom stereocenters. The molecular formula is C40H57N3O6. The molecule has 5 N–H and O–H groups in total. The zero-order valence-corrected chi connectivity index (χ0v) is 30.2. The van der Waals surface area contributed by atoms with Gasteiger partial charge in [0.05, 0.1) is 0 Å². The first-order valence-corrected chi connectivity index (χ1v) is 17.5. The van der Waals surface area contributed by atoms with Gasteiger partial charge in [-0.1, -0.05) is 94.4 Å². The van der Waals surface area contributed by atoms with Crippen LogP contribution in [0.2, 0.25) is 0 Å². The van der Waals surface area contributed by atoms with Crippen LogP contribution in [0.5, 0.6) is 0 Å². The Balaban J connectivity index is 0.00000129. The number of nitrogens with one attached hydrogen (secondary N) is 2. The fourth-order valence-corrected chi connectivity index (χ4v) is 6.68. The van der Waals surface area contributed by atoms with E-state index in [2.05, 4.69) is 71.5 Å². The summed E-state index contributed by atoms with van der Waals surface area (Å²) in [6.07, 6.45) is 21.9. The molecule has 49 heavy (non-hydrogen) atoms. The summed E-state index contributed by atoms with van der Waals surface area (Å²) in [4.78, 5) is 45.6. The van der Waals surface area contributed by atoms with Crippen LogP contribution in [0.1, 0.15) is 110 Å². The van der Waals surface area contributed by atoms with Gasteiger partial charge >= 0.3 is 12.1 Å². The van der Waals surface area contributed by atoms with Crippen LogP contribution in [0.3, 0.4) is 0 Å². The molecule has 1 aromatic rings. The standard InChI is InChI=1S/C36H46N2O5.C2H5NO.C2H6/c1-25-14-11-12-21-36(22-20-32(40)41)29-16-10-9-15-27(29)33(25)28-19-18-26(24-30(28)36)38-31(39)17-8-6-5-7-13-23-37-34(42)43-35(2,3)4;1-2(3)4;1-2/h9-12,14-16,18-19,21,24,27,29,33H,1,5-8,13,17,20,22-23H2,2-4H3,(H,37,42)(H,38,39)(H,40,41);1H3,(H2,3,4);1-2H3/b14-11-,21-12-;;. The highest BCUT2D eigenvalue weighted by molar-refractivity contribution is 5.91. The Kier molecular flexibility index (Phi) is 16.3. The average Bonchev–Trinajstić information content (AvgIpc) is 3.12. The van der Waals surface area contributed by atoms with Crippen molar-refractivity contribution in [3.63, 3.8) is 0 Å². The van der Waals surface area contributed by atoms with Gasteiger partial charge in [-0.05, 0) is 80.7 Å². The highest BCUT2D eigenvalue weighted by Gasteiger charge is 2.50. The van der Waals surface area contributed by atoms with Gasteiger partial charge in [0.25, 0.3) is 0 Å². The Morgan fingerprint density at radius 1 is 0.959 bits per heavy atom. The molecule has 9 heteroatoms. The summed E-state index contributed by atoms with van der Waals surface area (Å²) in [5.41, 5.74) is 7.41. The van der Waals surface area contributed by atoms with Crippen LogP contribution in [-0.4, -0.2) is 41.1 Å². The Hall–Kier alpha value is -4.40. The summed E-state index contributed by atoms with van der Waals surface area (Å²) in [5.74, 6) is -0.868. The van der Waals surface area contributed by atoms with Gasteiger partial charge < -0.3 is 26.2 Å². The number of hydrogen-bond donors (Lipinski definition) is 4. The number of nitrogens with two attached hydrogens (primary N) is 1. The highest BCUT2D eigenvalue weighted by atomic mass is 16.6. The van der Waals surface area contributed by atoms with E-state index in [-0.39, 0.29) is 36.0 Å². The van der Waals surface area contributed by atoms with Crippen molar-refractivity contribution in [2.45, 2.75) is 110 Å². The van der Waals surface area contributed by atoms with Crippen molar-refractivity contribution in [2.24, 2.45) is 17.6 Å². The molecule has 0 radical (unpaired) electrons. The van der Waals surface area contributed by atoms with Gasteiger partial charge in [0, 0.05) is 43.3 Å². The van der Waals surface area contributed by atoms with Gasteiger partial charge in [0.2, 0.25) is 11.8 Å². The third-order valence-corrected chi connectivity index (χ3v) is 8.55. The number of amides is 3. The lowest BCUT2D eigenvalue weighted by molar-refractivity contribution is -0.137. The fraction of sp³-hybridized carbons (Fsp3) is 0.500. The number of carboxylic acids is 1. The number of alkyl carbamates (subject to hydrolysis) is 1. The lowest BCUT2D eigenvalue weighted by Crippen LogP contribution is -2.45. The highest BCUT2D eigenvalue weighted by Crippen LogP contribution is 2.57. The maximum Gasteiger partial charge on any atom is 0.407 e. The predicted molar refractivity (Wildman–Crippen MR) is 197 cm³/mol. The third kappa shape index (κ3) is 12.5. The summed E-state index contributed by atoms with van der Waals surface area (Å²) in [5, 5.41) is 15.5. The number of carboxylic acid groups (broad SMARTS) is 1. The topological polar surface area (TPSA) is 148 Å². The van der Waals surface area contributed by atoms with Crippen LogP contribution in [0.15, 0.2) is 79.0 Å². The van der Waals surface area contributed by atoms with Gasteiger partial charge in [-0.25, -0.2) is 4.79 Å². The van der Waals surface area contributed by atoms with Crippen LogP contribution < -0.4 is 16.4 Å². The lowest BCUT2D eigenvalue weighted by atomic mass is 9.52. The molecule has 4 atom stereocenters. The number of primary amides is 1. The zero-order chi connectivity index (χ0) is 36.6.